The summed E-state index contributed by atoms with van der Waals surface area (Å²) in [4.78, 5) is 13.5. The maximum absolute atomic E-state index is 11.3. The van der Waals surface area contributed by atoms with Crippen LogP contribution >= 0.6 is 0 Å². The fourth-order valence-corrected chi connectivity index (χ4v) is 2.75. The van der Waals surface area contributed by atoms with Gasteiger partial charge in [-0.2, -0.15) is 0 Å². The van der Waals surface area contributed by atoms with Crippen LogP contribution in [0.1, 0.15) is 26.2 Å². The molecule has 1 N–H and O–H groups in total. The molecule has 2 bridgehead atoms. The number of piperidine rings is 2. The van der Waals surface area contributed by atoms with Gasteiger partial charge in [-0.15, -0.1) is 0 Å². The van der Waals surface area contributed by atoms with E-state index in [9.17, 15) is 9.90 Å². The molecule has 4 heteroatoms. The second-order valence-corrected chi connectivity index (χ2v) is 4.53. The van der Waals surface area contributed by atoms with Gasteiger partial charge in [0.2, 0.25) is 0 Å². The first-order chi connectivity index (χ1) is 7.20. The number of aliphatic hydroxyl groups is 1. The van der Waals surface area contributed by atoms with Crippen LogP contribution in [0.4, 0.5) is 0 Å². The van der Waals surface area contributed by atoms with E-state index in [0.717, 1.165) is 25.8 Å². The highest BCUT2D eigenvalue weighted by Gasteiger charge is 2.40. The standard InChI is InChI=1S/C11H19NO3/c1-2-15-11(14)7-12-6-8-3-4-9(12)5-10(8)13/h8-10,13H,2-7H2,1H3. The third-order valence-electron chi connectivity index (χ3n) is 3.55. The highest BCUT2D eigenvalue weighted by atomic mass is 16.5. The fraction of sp³-hybridized carbons (Fsp3) is 0.909. The zero-order chi connectivity index (χ0) is 10.8. The van der Waals surface area contributed by atoms with E-state index in [-0.39, 0.29) is 12.1 Å². The zero-order valence-electron chi connectivity index (χ0n) is 9.19. The maximum Gasteiger partial charge on any atom is 0.320 e. The maximum atomic E-state index is 11.3. The van der Waals surface area contributed by atoms with Crippen LogP contribution in [-0.2, 0) is 9.53 Å². The van der Waals surface area contributed by atoms with Crippen molar-refractivity contribution in [1.29, 1.82) is 0 Å². The van der Waals surface area contributed by atoms with Crippen LogP contribution in [-0.4, -0.2) is 47.8 Å². The number of rotatable bonds is 3. The Balaban J connectivity index is 1.87. The van der Waals surface area contributed by atoms with Crippen LogP contribution in [0.3, 0.4) is 0 Å². The Morgan fingerprint density at radius 2 is 2.33 bits per heavy atom. The van der Waals surface area contributed by atoms with Crippen LogP contribution in [0.15, 0.2) is 0 Å². The number of esters is 1. The lowest BCUT2D eigenvalue weighted by Crippen LogP contribution is -2.55. The summed E-state index contributed by atoms with van der Waals surface area (Å²) in [6.45, 7) is 3.51. The van der Waals surface area contributed by atoms with Gasteiger partial charge in [0.25, 0.3) is 0 Å². The molecule has 1 saturated carbocycles. The van der Waals surface area contributed by atoms with Crippen LogP contribution in [0.25, 0.3) is 0 Å². The number of carbonyl (C=O) groups is 1. The highest BCUT2D eigenvalue weighted by molar-refractivity contribution is 5.71. The number of fused-ring (bicyclic) bond motifs is 3. The summed E-state index contributed by atoms with van der Waals surface area (Å²) in [5, 5.41) is 9.71. The highest BCUT2D eigenvalue weighted by Crippen LogP contribution is 2.34. The average Bonchev–Trinajstić information content (AvgIpc) is 2.20. The van der Waals surface area contributed by atoms with Crippen molar-refractivity contribution < 1.29 is 14.6 Å². The van der Waals surface area contributed by atoms with Crippen LogP contribution < -0.4 is 0 Å². The van der Waals surface area contributed by atoms with Gasteiger partial charge in [-0.05, 0) is 32.1 Å². The molecule has 86 valence electrons. The molecule has 15 heavy (non-hydrogen) atoms. The Bertz CT molecular complexity index is 244. The van der Waals surface area contributed by atoms with Crippen molar-refractivity contribution in [3.05, 3.63) is 0 Å². The Labute approximate surface area is 90.2 Å². The molecule has 0 aromatic heterocycles. The van der Waals surface area contributed by atoms with Gasteiger partial charge in [0.05, 0.1) is 19.3 Å². The first-order valence-corrected chi connectivity index (χ1v) is 5.78. The quantitative estimate of drug-likeness (QED) is 0.689. The van der Waals surface area contributed by atoms with Crippen molar-refractivity contribution in [2.24, 2.45) is 5.92 Å². The summed E-state index contributed by atoms with van der Waals surface area (Å²) >= 11 is 0. The molecule has 0 amide bonds. The molecular weight excluding hydrogens is 194 g/mol. The molecule has 3 unspecified atom stereocenters. The molecule has 3 fully saturated rings. The molecular formula is C11H19NO3. The van der Waals surface area contributed by atoms with E-state index in [4.69, 9.17) is 4.74 Å². The molecule has 0 spiro atoms. The Hall–Kier alpha value is -0.610. The van der Waals surface area contributed by atoms with Crippen molar-refractivity contribution in [2.45, 2.75) is 38.3 Å². The average molecular weight is 213 g/mol. The van der Waals surface area contributed by atoms with Gasteiger partial charge in [-0.1, -0.05) is 0 Å². The van der Waals surface area contributed by atoms with Crippen LogP contribution in [0.5, 0.6) is 0 Å². The first kappa shape index (κ1) is 10.9. The molecule has 3 aliphatic rings. The lowest BCUT2D eigenvalue weighted by atomic mass is 9.78. The zero-order valence-corrected chi connectivity index (χ0v) is 9.19. The van der Waals surface area contributed by atoms with E-state index in [1.54, 1.807) is 0 Å². The summed E-state index contributed by atoms with van der Waals surface area (Å²) < 4.78 is 4.94. The van der Waals surface area contributed by atoms with Gasteiger partial charge in [0.1, 0.15) is 0 Å². The van der Waals surface area contributed by atoms with E-state index in [1.807, 2.05) is 6.92 Å². The summed E-state index contributed by atoms with van der Waals surface area (Å²) in [6.07, 6.45) is 2.89. The SMILES string of the molecule is CCOC(=O)CN1CC2CCC1CC2O. The Morgan fingerprint density at radius 1 is 1.53 bits per heavy atom. The van der Waals surface area contributed by atoms with E-state index in [0.29, 0.717) is 25.1 Å². The predicted octanol–water partition coefficient (Wildman–Crippen LogP) is 0.395. The Morgan fingerprint density at radius 3 is 2.87 bits per heavy atom. The Kier molecular flexibility index (Phi) is 3.26. The minimum Gasteiger partial charge on any atom is -0.465 e. The summed E-state index contributed by atoms with van der Waals surface area (Å²) in [5.41, 5.74) is 0. The smallest absolute Gasteiger partial charge is 0.320 e. The van der Waals surface area contributed by atoms with Crippen LogP contribution in [0, 0.1) is 5.92 Å². The van der Waals surface area contributed by atoms with Crippen molar-refractivity contribution in [2.75, 3.05) is 19.7 Å². The third-order valence-corrected chi connectivity index (χ3v) is 3.55. The van der Waals surface area contributed by atoms with Crippen LogP contribution in [0.2, 0.25) is 0 Å². The molecule has 2 aliphatic heterocycles. The molecule has 1 aliphatic carbocycles. The van der Waals surface area contributed by atoms with E-state index in [1.165, 1.54) is 0 Å². The minimum absolute atomic E-state index is 0.139. The second kappa shape index (κ2) is 4.49. The largest absolute Gasteiger partial charge is 0.465 e. The second-order valence-electron chi connectivity index (χ2n) is 4.53. The van der Waals surface area contributed by atoms with Gasteiger partial charge in [0.15, 0.2) is 0 Å². The number of carbonyl (C=O) groups excluding carboxylic acids is 1. The van der Waals surface area contributed by atoms with Crippen molar-refractivity contribution in [3.8, 4) is 0 Å². The predicted molar refractivity (Wildman–Crippen MR) is 55.3 cm³/mol. The minimum atomic E-state index is -0.151. The van der Waals surface area contributed by atoms with Gasteiger partial charge in [-0.25, -0.2) is 0 Å². The summed E-state index contributed by atoms with van der Waals surface area (Å²) in [7, 11) is 0. The molecule has 3 rings (SSSR count). The van der Waals surface area contributed by atoms with Gasteiger partial charge in [0, 0.05) is 12.6 Å². The number of aliphatic hydroxyl groups excluding tert-OH is 1. The van der Waals surface area contributed by atoms with E-state index >= 15 is 0 Å². The molecule has 4 nitrogen and oxygen atoms in total. The van der Waals surface area contributed by atoms with Crippen molar-refractivity contribution in [1.82, 2.24) is 4.90 Å². The molecule has 0 radical (unpaired) electrons. The van der Waals surface area contributed by atoms with Gasteiger partial charge in [-0.3, -0.25) is 9.69 Å². The number of ether oxygens (including phenoxy) is 1. The van der Waals surface area contributed by atoms with Crippen molar-refractivity contribution >= 4 is 5.97 Å². The normalized spacial score (nSPS) is 35.5. The summed E-state index contributed by atoms with van der Waals surface area (Å²) in [6, 6.07) is 0.384. The molecule has 2 saturated heterocycles. The summed E-state index contributed by atoms with van der Waals surface area (Å²) in [5.74, 6) is 0.226. The molecule has 2 heterocycles. The monoisotopic (exact) mass is 213 g/mol. The molecule has 0 aromatic rings. The van der Waals surface area contributed by atoms with Gasteiger partial charge < -0.3 is 9.84 Å². The van der Waals surface area contributed by atoms with E-state index < -0.39 is 0 Å². The van der Waals surface area contributed by atoms with Crippen molar-refractivity contribution in [3.63, 3.8) is 0 Å². The molecule has 3 atom stereocenters. The topological polar surface area (TPSA) is 49.8 Å². The number of hydrogen-bond donors (Lipinski definition) is 1. The van der Waals surface area contributed by atoms with Gasteiger partial charge >= 0.3 is 5.97 Å². The first-order valence-electron chi connectivity index (χ1n) is 5.78. The lowest BCUT2D eigenvalue weighted by Gasteiger charge is -2.47. The fourth-order valence-electron chi connectivity index (χ4n) is 2.75. The van der Waals surface area contributed by atoms with E-state index in [2.05, 4.69) is 4.90 Å². The third kappa shape index (κ3) is 2.32. The number of nitrogens with zero attached hydrogens (tertiary/aromatic N) is 1. The lowest BCUT2D eigenvalue weighted by molar-refractivity contribution is -0.148. The molecule has 0 aromatic carbocycles. The number of hydrogen-bond acceptors (Lipinski definition) is 4.